The summed E-state index contributed by atoms with van der Waals surface area (Å²) in [6.45, 7) is 2.76. The summed E-state index contributed by atoms with van der Waals surface area (Å²) in [5.74, 6) is -1.99. The highest BCUT2D eigenvalue weighted by Crippen LogP contribution is 2.25. The van der Waals surface area contributed by atoms with Crippen molar-refractivity contribution in [1.82, 2.24) is 9.58 Å². The largest absolute Gasteiger partial charge is 0.477 e. The Balaban J connectivity index is 2.17. The van der Waals surface area contributed by atoms with Crippen molar-refractivity contribution in [3.8, 4) is 0 Å². The van der Waals surface area contributed by atoms with Crippen molar-refractivity contribution in [2.75, 3.05) is 50.1 Å². The first-order chi connectivity index (χ1) is 12.4. The molecule has 2 N–H and O–H groups in total. The highest BCUT2D eigenvalue weighted by atomic mass is 19.1. The van der Waals surface area contributed by atoms with Crippen LogP contribution in [0.2, 0.25) is 0 Å². The van der Waals surface area contributed by atoms with Crippen molar-refractivity contribution in [3.63, 3.8) is 0 Å². The van der Waals surface area contributed by atoms with Crippen LogP contribution in [0.4, 0.5) is 10.1 Å². The minimum atomic E-state index is -1.41. The molecule has 0 amide bonds. The number of halogens is 1. The lowest BCUT2D eigenvalue weighted by molar-refractivity contribution is -0.106. The van der Waals surface area contributed by atoms with Gasteiger partial charge in [-0.25, -0.2) is 9.18 Å². The summed E-state index contributed by atoms with van der Waals surface area (Å²) in [6, 6.07) is 2.58. The number of pyridine rings is 1. The molecule has 1 fully saturated rings. The Hall–Kier alpha value is -2.94. The van der Waals surface area contributed by atoms with Crippen molar-refractivity contribution in [2.24, 2.45) is 0 Å². The molecule has 1 aromatic heterocycles. The number of hydrogen-bond donors (Lipinski definition) is 2. The molecule has 2 aromatic rings. The van der Waals surface area contributed by atoms with Crippen LogP contribution in [0, 0.1) is 5.82 Å². The maximum atomic E-state index is 14.7. The van der Waals surface area contributed by atoms with Crippen molar-refractivity contribution < 1.29 is 19.1 Å². The highest BCUT2D eigenvalue weighted by Gasteiger charge is 2.21. The molecule has 3 rings (SSSR count). The summed E-state index contributed by atoms with van der Waals surface area (Å²) in [5.41, 5.74) is 2.11. The van der Waals surface area contributed by atoms with Crippen LogP contribution in [-0.4, -0.2) is 66.7 Å². The van der Waals surface area contributed by atoms with Crippen LogP contribution >= 0.6 is 0 Å². The second kappa shape index (κ2) is 7.12. The summed E-state index contributed by atoms with van der Waals surface area (Å²) in [7, 11) is 1.99. The third-order valence-corrected chi connectivity index (χ3v) is 4.49. The predicted molar refractivity (Wildman–Crippen MR) is 95.1 cm³/mol. The van der Waals surface area contributed by atoms with Gasteiger partial charge in [0.1, 0.15) is 17.7 Å². The number of carbonyl (C=O) groups is 2. The molecule has 0 radical (unpaired) electrons. The number of carbonyl (C=O) groups excluding carboxylic acids is 1. The first-order valence-corrected chi connectivity index (χ1v) is 8.15. The smallest absolute Gasteiger partial charge is 0.341 e. The molecule has 138 valence electrons. The van der Waals surface area contributed by atoms with Crippen molar-refractivity contribution in [3.05, 3.63) is 39.9 Å². The Morgan fingerprint density at radius 1 is 1.31 bits per heavy atom. The molecule has 0 atom stereocenters. The number of anilines is 1. The Bertz CT molecular complexity index is 919. The van der Waals surface area contributed by atoms with E-state index < -0.39 is 22.8 Å². The summed E-state index contributed by atoms with van der Waals surface area (Å²) in [5, 5.41) is 9.15. The van der Waals surface area contributed by atoms with Crippen LogP contribution in [-0.2, 0) is 4.79 Å². The monoisotopic (exact) mass is 362 g/mol. The second-order valence-electron chi connectivity index (χ2n) is 6.19. The van der Waals surface area contributed by atoms with Crippen molar-refractivity contribution in [1.29, 1.82) is 0 Å². The number of nitrogens with one attached hydrogen (secondary N) is 1. The number of carboxylic acid groups (broad SMARTS) is 1. The molecule has 8 nitrogen and oxygen atoms in total. The van der Waals surface area contributed by atoms with Gasteiger partial charge in [-0.3, -0.25) is 9.47 Å². The number of aromatic carboxylic acids is 1. The van der Waals surface area contributed by atoms with Crippen LogP contribution < -0.4 is 15.8 Å². The van der Waals surface area contributed by atoms with E-state index in [9.17, 15) is 23.9 Å². The minimum absolute atomic E-state index is 0.0568. The average molecular weight is 362 g/mol. The zero-order valence-corrected chi connectivity index (χ0v) is 14.2. The third-order valence-electron chi connectivity index (χ3n) is 4.49. The van der Waals surface area contributed by atoms with Gasteiger partial charge in [0.15, 0.2) is 0 Å². The predicted octanol–water partition coefficient (Wildman–Crippen LogP) is 0.333. The van der Waals surface area contributed by atoms with Gasteiger partial charge in [-0.05, 0) is 19.2 Å². The lowest BCUT2D eigenvalue weighted by Gasteiger charge is -2.34. The fourth-order valence-electron chi connectivity index (χ4n) is 3.04. The van der Waals surface area contributed by atoms with E-state index in [2.05, 4.69) is 10.3 Å². The fourth-order valence-corrected chi connectivity index (χ4v) is 3.04. The molecule has 1 aromatic carbocycles. The molecule has 1 saturated heterocycles. The van der Waals surface area contributed by atoms with Crippen LogP contribution in [0.3, 0.4) is 0 Å². The van der Waals surface area contributed by atoms with E-state index in [1.54, 1.807) is 0 Å². The van der Waals surface area contributed by atoms with Crippen LogP contribution in [0.15, 0.2) is 23.1 Å². The number of aromatic nitrogens is 1. The van der Waals surface area contributed by atoms with E-state index in [0.717, 1.165) is 25.4 Å². The van der Waals surface area contributed by atoms with Crippen LogP contribution in [0.25, 0.3) is 10.9 Å². The number of carboxylic acids is 1. The van der Waals surface area contributed by atoms with Gasteiger partial charge >= 0.3 is 5.97 Å². The SMILES string of the molecule is CN1CCN(c2cc3c(cc2F)c(=O)c(C(=O)O)cn3NCC=O)CC1. The standard InChI is InChI=1S/C17H19FN4O4/c1-20-3-5-21(6-4-20)15-9-14-11(8-13(15)18)16(24)12(17(25)26)10-22(14)19-2-7-23/h7-10,19H,2-6H2,1H3,(H,25,26). The molecule has 1 aliphatic rings. The van der Waals surface area contributed by atoms with E-state index in [4.69, 9.17) is 0 Å². The molecule has 0 saturated carbocycles. The normalized spacial score (nSPS) is 15.2. The lowest BCUT2D eigenvalue weighted by Crippen LogP contribution is -2.44. The number of nitrogens with zero attached hydrogens (tertiary/aromatic N) is 3. The van der Waals surface area contributed by atoms with Crippen molar-refractivity contribution in [2.45, 2.75) is 0 Å². The highest BCUT2D eigenvalue weighted by molar-refractivity contribution is 5.93. The molecule has 0 unspecified atom stereocenters. The molecule has 9 heteroatoms. The molecule has 0 bridgehead atoms. The summed E-state index contributed by atoms with van der Waals surface area (Å²) in [4.78, 5) is 38.4. The number of benzene rings is 1. The van der Waals surface area contributed by atoms with Gasteiger partial charge in [-0.15, -0.1) is 0 Å². The van der Waals surface area contributed by atoms with Gasteiger partial charge in [0.05, 0.1) is 23.1 Å². The molecule has 0 spiro atoms. The summed E-state index contributed by atoms with van der Waals surface area (Å²) in [6.07, 6.45) is 1.72. The average Bonchev–Trinajstić information content (AvgIpc) is 2.61. The molecule has 0 aliphatic carbocycles. The second-order valence-corrected chi connectivity index (χ2v) is 6.19. The van der Waals surface area contributed by atoms with E-state index in [0.29, 0.717) is 30.6 Å². The van der Waals surface area contributed by atoms with Gasteiger partial charge in [-0.1, -0.05) is 0 Å². The Kier molecular flexibility index (Phi) is 4.90. The maximum Gasteiger partial charge on any atom is 0.341 e. The van der Waals surface area contributed by atoms with E-state index in [1.165, 1.54) is 10.7 Å². The molecule has 1 aliphatic heterocycles. The fraction of sp³-hybridized carbons (Fsp3) is 0.353. The van der Waals surface area contributed by atoms with Gasteiger partial charge in [0.25, 0.3) is 0 Å². The van der Waals surface area contributed by atoms with Crippen LogP contribution in [0.1, 0.15) is 10.4 Å². The Labute approximate surface area is 148 Å². The number of aldehydes is 1. The van der Waals surface area contributed by atoms with Gasteiger partial charge in [-0.2, -0.15) is 0 Å². The number of rotatable bonds is 5. The number of likely N-dealkylation sites (N-methyl/N-ethyl adjacent to an activating group) is 1. The quantitative estimate of drug-likeness (QED) is 0.741. The number of hydrogen-bond acceptors (Lipinski definition) is 6. The first-order valence-electron chi connectivity index (χ1n) is 8.15. The molecular formula is C17H19FN4O4. The molecular weight excluding hydrogens is 343 g/mol. The summed E-state index contributed by atoms with van der Waals surface area (Å²) < 4.78 is 16.0. The zero-order chi connectivity index (χ0) is 18.8. The van der Waals surface area contributed by atoms with E-state index >= 15 is 0 Å². The number of fused-ring (bicyclic) bond motifs is 1. The van der Waals surface area contributed by atoms with Gasteiger partial charge in [0.2, 0.25) is 5.43 Å². The first kappa shape index (κ1) is 17.9. The van der Waals surface area contributed by atoms with E-state index in [1.807, 2.05) is 11.9 Å². The number of piperazine rings is 1. The van der Waals surface area contributed by atoms with Gasteiger partial charge in [0, 0.05) is 32.4 Å². The maximum absolute atomic E-state index is 14.7. The molecule has 26 heavy (non-hydrogen) atoms. The topological polar surface area (TPSA) is 94.9 Å². The van der Waals surface area contributed by atoms with Crippen molar-refractivity contribution >= 4 is 28.8 Å². The zero-order valence-electron chi connectivity index (χ0n) is 14.2. The van der Waals surface area contributed by atoms with Crippen LogP contribution in [0.5, 0.6) is 0 Å². The Morgan fingerprint density at radius 3 is 2.62 bits per heavy atom. The lowest BCUT2D eigenvalue weighted by atomic mass is 10.1. The Morgan fingerprint density at radius 2 is 2.00 bits per heavy atom. The van der Waals surface area contributed by atoms with E-state index in [-0.39, 0.29) is 11.9 Å². The van der Waals surface area contributed by atoms with Gasteiger partial charge < -0.3 is 25.1 Å². The minimum Gasteiger partial charge on any atom is -0.477 e. The third kappa shape index (κ3) is 3.25. The summed E-state index contributed by atoms with van der Waals surface area (Å²) >= 11 is 0. The molecule has 2 heterocycles.